The van der Waals surface area contributed by atoms with Gasteiger partial charge in [-0.1, -0.05) is 41.6 Å². The minimum Gasteiger partial charge on any atom is -0.355 e. The fraction of sp³-hybridized carbons (Fsp3) is 0.286. The lowest BCUT2D eigenvalue weighted by atomic mass is 10.3. The molecule has 0 aliphatic heterocycles. The minimum absolute atomic E-state index is 0.00395. The van der Waals surface area contributed by atoms with Crippen molar-refractivity contribution < 1.29 is 4.79 Å². The molecule has 4 rings (SSSR count). The van der Waals surface area contributed by atoms with E-state index >= 15 is 0 Å². The van der Waals surface area contributed by atoms with Crippen LogP contribution in [-0.4, -0.2) is 38.7 Å². The number of rotatable bonds is 9. The number of nitrogens with zero attached hydrogens (tertiary/aromatic N) is 3. The second-order valence-corrected chi connectivity index (χ2v) is 9.26. The van der Waals surface area contributed by atoms with Crippen LogP contribution in [0.25, 0.3) is 5.69 Å². The summed E-state index contributed by atoms with van der Waals surface area (Å²) < 4.78 is 1.92. The Balaban J connectivity index is 1.25. The Hall–Kier alpha value is -1.96. The maximum atomic E-state index is 12.2. The minimum atomic E-state index is -0.00395. The second kappa shape index (κ2) is 9.69. The molecular formula is C21H21ClN4OS2. The van der Waals surface area contributed by atoms with Gasteiger partial charge in [0.25, 0.3) is 0 Å². The van der Waals surface area contributed by atoms with Crippen molar-refractivity contribution in [1.82, 2.24) is 20.1 Å². The number of hydrogen-bond acceptors (Lipinski definition) is 5. The summed E-state index contributed by atoms with van der Waals surface area (Å²) >= 11 is 8.96. The molecule has 5 nitrogen and oxygen atoms in total. The molecule has 1 fully saturated rings. The fourth-order valence-electron chi connectivity index (χ4n) is 2.80. The van der Waals surface area contributed by atoms with E-state index in [0.29, 0.717) is 23.4 Å². The van der Waals surface area contributed by atoms with Crippen molar-refractivity contribution >= 4 is 41.0 Å². The SMILES string of the molecule is O=C(CSc1nc(C2CC2)n(-c2ccccc2)n1)NCCSc1ccc(Cl)cc1. The van der Waals surface area contributed by atoms with Gasteiger partial charge in [-0.25, -0.2) is 9.67 Å². The highest BCUT2D eigenvalue weighted by Gasteiger charge is 2.30. The molecule has 1 amide bonds. The third-order valence-corrected chi connectivity index (χ3v) is 6.50. The summed E-state index contributed by atoms with van der Waals surface area (Å²) in [7, 11) is 0. The first-order valence-corrected chi connectivity index (χ1v) is 11.8. The first kappa shape index (κ1) is 20.3. The Morgan fingerprint density at radius 2 is 1.86 bits per heavy atom. The molecule has 0 saturated heterocycles. The maximum Gasteiger partial charge on any atom is 0.230 e. The Morgan fingerprint density at radius 3 is 2.59 bits per heavy atom. The third kappa shape index (κ3) is 5.78. The standard InChI is InChI=1S/C21H21ClN4OS2/c22-16-8-10-18(11-9-16)28-13-12-23-19(27)14-29-21-24-20(15-6-7-15)26(25-21)17-4-2-1-3-5-17/h1-5,8-11,15H,6-7,12-14H2,(H,23,27). The molecule has 1 aliphatic carbocycles. The van der Waals surface area contributed by atoms with Crippen LogP contribution in [0.15, 0.2) is 64.6 Å². The van der Waals surface area contributed by atoms with Crippen LogP contribution in [0.5, 0.6) is 0 Å². The van der Waals surface area contributed by atoms with Crippen LogP contribution in [0.1, 0.15) is 24.6 Å². The van der Waals surface area contributed by atoms with Crippen molar-refractivity contribution in [3.63, 3.8) is 0 Å². The summed E-state index contributed by atoms with van der Waals surface area (Å²) in [5, 5.41) is 8.97. The fourth-order valence-corrected chi connectivity index (χ4v) is 4.36. The molecule has 1 saturated carbocycles. The lowest BCUT2D eigenvalue weighted by Gasteiger charge is -2.04. The summed E-state index contributed by atoms with van der Waals surface area (Å²) in [6.45, 7) is 0.617. The number of hydrogen-bond donors (Lipinski definition) is 1. The van der Waals surface area contributed by atoms with Crippen molar-refractivity contribution in [2.75, 3.05) is 18.1 Å². The number of thioether (sulfide) groups is 2. The molecule has 0 unspecified atom stereocenters. The number of amides is 1. The van der Waals surface area contributed by atoms with Crippen LogP contribution in [-0.2, 0) is 4.79 Å². The van der Waals surface area contributed by atoms with Gasteiger partial charge in [-0.15, -0.1) is 16.9 Å². The van der Waals surface area contributed by atoms with Gasteiger partial charge in [-0.3, -0.25) is 4.79 Å². The predicted molar refractivity (Wildman–Crippen MR) is 119 cm³/mol. The molecule has 29 heavy (non-hydrogen) atoms. The van der Waals surface area contributed by atoms with Crippen molar-refractivity contribution in [3.05, 3.63) is 65.4 Å². The van der Waals surface area contributed by atoms with Crippen LogP contribution >= 0.6 is 35.1 Å². The van der Waals surface area contributed by atoms with Gasteiger partial charge in [0.2, 0.25) is 11.1 Å². The summed E-state index contributed by atoms with van der Waals surface area (Å²) in [6.07, 6.45) is 2.31. The molecule has 2 aromatic carbocycles. The van der Waals surface area contributed by atoms with Gasteiger partial charge in [0.05, 0.1) is 11.4 Å². The summed E-state index contributed by atoms with van der Waals surface area (Å²) in [5.74, 6) is 2.60. The molecule has 0 spiro atoms. The number of halogens is 1. The topological polar surface area (TPSA) is 59.8 Å². The second-order valence-electron chi connectivity index (χ2n) is 6.72. The summed E-state index contributed by atoms with van der Waals surface area (Å²) in [6, 6.07) is 17.7. The molecular weight excluding hydrogens is 424 g/mol. The highest BCUT2D eigenvalue weighted by molar-refractivity contribution is 7.99. The van der Waals surface area contributed by atoms with Crippen molar-refractivity contribution in [2.24, 2.45) is 0 Å². The predicted octanol–water partition coefficient (Wildman–Crippen LogP) is 4.80. The zero-order valence-electron chi connectivity index (χ0n) is 15.8. The zero-order chi connectivity index (χ0) is 20.1. The van der Waals surface area contributed by atoms with Gasteiger partial charge < -0.3 is 5.32 Å². The molecule has 1 N–H and O–H groups in total. The normalized spacial score (nSPS) is 13.4. The molecule has 1 heterocycles. The summed E-state index contributed by atoms with van der Waals surface area (Å²) in [4.78, 5) is 18.0. The van der Waals surface area contributed by atoms with Crippen LogP contribution < -0.4 is 5.32 Å². The van der Waals surface area contributed by atoms with Gasteiger partial charge in [0.15, 0.2) is 0 Å². The van der Waals surface area contributed by atoms with Crippen molar-refractivity contribution in [1.29, 1.82) is 0 Å². The lowest BCUT2D eigenvalue weighted by Crippen LogP contribution is -2.27. The van der Waals surface area contributed by atoms with Crippen LogP contribution in [0.4, 0.5) is 0 Å². The average Bonchev–Trinajstić information content (AvgIpc) is 3.51. The van der Waals surface area contributed by atoms with Gasteiger partial charge in [0.1, 0.15) is 5.82 Å². The van der Waals surface area contributed by atoms with Crippen molar-refractivity contribution in [2.45, 2.75) is 28.8 Å². The van der Waals surface area contributed by atoms with Gasteiger partial charge in [0, 0.05) is 28.1 Å². The largest absolute Gasteiger partial charge is 0.355 e. The van der Waals surface area contributed by atoms with Crippen LogP contribution in [0, 0.1) is 0 Å². The van der Waals surface area contributed by atoms with Crippen LogP contribution in [0.3, 0.4) is 0 Å². The Labute approximate surface area is 183 Å². The molecule has 1 aromatic heterocycles. The average molecular weight is 445 g/mol. The number of benzene rings is 2. The smallest absolute Gasteiger partial charge is 0.230 e. The third-order valence-electron chi connectivity index (χ3n) is 4.39. The van der Waals surface area contributed by atoms with E-state index in [2.05, 4.69) is 15.4 Å². The first-order chi connectivity index (χ1) is 14.2. The molecule has 0 atom stereocenters. The number of carbonyl (C=O) groups is 1. The van der Waals surface area contributed by atoms with Crippen LogP contribution in [0.2, 0.25) is 5.02 Å². The Morgan fingerprint density at radius 1 is 1.10 bits per heavy atom. The van der Waals surface area contributed by atoms with E-state index in [1.54, 1.807) is 11.8 Å². The highest BCUT2D eigenvalue weighted by Crippen LogP contribution is 2.40. The monoisotopic (exact) mass is 444 g/mol. The first-order valence-electron chi connectivity index (χ1n) is 9.49. The van der Waals surface area contributed by atoms with E-state index in [1.807, 2.05) is 59.3 Å². The Kier molecular flexibility index (Phi) is 6.79. The van der Waals surface area contributed by atoms with E-state index in [4.69, 9.17) is 11.6 Å². The number of nitrogens with one attached hydrogen (secondary N) is 1. The molecule has 8 heteroatoms. The van der Waals surface area contributed by atoms with Gasteiger partial charge in [-0.05, 0) is 49.2 Å². The van der Waals surface area contributed by atoms with E-state index in [0.717, 1.165) is 40.0 Å². The number of aromatic nitrogens is 3. The quantitative estimate of drug-likeness (QED) is 0.379. The van der Waals surface area contributed by atoms with Gasteiger partial charge in [-0.2, -0.15) is 0 Å². The molecule has 0 radical (unpaired) electrons. The van der Waals surface area contributed by atoms with E-state index in [1.165, 1.54) is 11.8 Å². The van der Waals surface area contributed by atoms with Gasteiger partial charge >= 0.3 is 0 Å². The maximum absolute atomic E-state index is 12.2. The number of para-hydroxylation sites is 1. The molecule has 3 aromatic rings. The van der Waals surface area contributed by atoms with E-state index in [-0.39, 0.29) is 5.91 Å². The number of carbonyl (C=O) groups excluding carboxylic acids is 1. The van der Waals surface area contributed by atoms with E-state index < -0.39 is 0 Å². The zero-order valence-corrected chi connectivity index (χ0v) is 18.1. The molecule has 1 aliphatic rings. The summed E-state index contributed by atoms with van der Waals surface area (Å²) in [5.41, 5.74) is 1.01. The lowest BCUT2D eigenvalue weighted by molar-refractivity contribution is -0.118. The van der Waals surface area contributed by atoms with Crippen molar-refractivity contribution in [3.8, 4) is 5.69 Å². The molecule has 0 bridgehead atoms. The molecule has 150 valence electrons. The highest BCUT2D eigenvalue weighted by atomic mass is 35.5. The Bertz CT molecular complexity index is 959. The van der Waals surface area contributed by atoms with E-state index in [9.17, 15) is 4.79 Å².